The smallest absolute Gasteiger partial charge is 0.196 e. The molecule has 0 fully saturated rings. The van der Waals surface area contributed by atoms with Crippen LogP contribution in [0.3, 0.4) is 0 Å². The molecule has 1 aliphatic rings. The highest BCUT2D eigenvalue weighted by atomic mass is 32.2. The van der Waals surface area contributed by atoms with Gasteiger partial charge in [0, 0.05) is 30.1 Å². The first-order chi connectivity index (χ1) is 10.3. The van der Waals surface area contributed by atoms with E-state index in [0.29, 0.717) is 0 Å². The van der Waals surface area contributed by atoms with E-state index in [2.05, 4.69) is 44.1 Å². The quantitative estimate of drug-likeness (QED) is 0.941. The van der Waals surface area contributed by atoms with Crippen LogP contribution in [0, 0.1) is 0 Å². The summed E-state index contributed by atoms with van der Waals surface area (Å²) in [5, 5.41) is 12.9. The Morgan fingerprint density at radius 2 is 2.14 bits per heavy atom. The fourth-order valence-electron chi connectivity index (χ4n) is 2.50. The van der Waals surface area contributed by atoms with Gasteiger partial charge in [-0.05, 0) is 50.7 Å². The van der Waals surface area contributed by atoms with E-state index in [1.54, 1.807) is 11.8 Å². The Morgan fingerprint density at radius 1 is 1.24 bits per heavy atom. The minimum atomic E-state index is 0.272. The van der Waals surface area contributed by atoms with Gasteiger partial charge in [-0.1, -0.05) is 6.42 Å². The molecule has 3 heterocycles. The number of pyridine rings is 1. The predicted molar refractivity (Wildman–Crippen MR) is 83.4 cm³/mol. The van der Waals surface area contributed by atoms with Crippen LogP contribution >= 0.6 is 11.8 Å². The molecule has 0 aromatic carbocycles. The number of aromatic nitrogens is 4. The van der Waals surface area contributed by atoms with E-state index in [1.165, 1.54) is 19.3 Å². The van der Waals surface area contributed by atoms with Crippen molar-refractivity contribution in [1.29, 1.82) is 0 Å². The van der Waals surface area contributed by atoms with E-state index >= 15 is 0 Å². The van der Waals surface area contributed by atoms with Gasteiger partial charge in [0.25, 0.3) is 0 Å². The maximum atomic E-state index is 4.52. The molecule has 3 rings (SSSR count). The second kappa shape index (κ2) is 6.58. The third kappa shape index (κ3) is 3.27. The van der Waals surface area contributed by atoms with Gasteiger partial charge in [-0.2, -0.15) is 0 Å². The van der Waals surface area contributed by atoms with Crippen molar-refractivity contribution in [1.82, 2.24) is 25.1 Å². The Kier molecular flexibility index (Phi) is 4.55. The molecule has 0 amide bonds. The van der Waals surface area contributed by atoms with Crippen LogP contribution in [0.2, 0.25) is 0 Å². The predicted octanol–water partition coefficient (Wildman–Crippen LogP) is 2.83. The molecule has 1 unspecified atom stereocenters. The highest BCUT2D eigenvalue weighted by Crippen LogP contribution is 2.28. The largest absolute Gasteiger partial charge is 0.312 e. The topological polar surface area (TPSA) is 55.6 Å². The summed E-state index contributed by atoms with van der Waals surface area (Å²) < 4.78 is 2.27. The Labute approximate surface area is 129 Å². The maximum absolute atomic E-state index is 4.52. The van der Waals surface area contributed by atoms with Gasteiger partial charge >= 0.3 is 0 Å². The summed E-state index contributed by atoms with van der Waals surface area (Å²) in [4.78, 5) is 5.63. The van der Waals surface area contributed by atoms with Crippen molar-refractivity contribution in [2.75, 3.05) is 7.05 Å². The van der Waals surface area contributed by atoms with Crippen molar-refractivity contribution in [2.24, 2.45) is 0 Å². The van der Waals surface area contributed by atoms with Crippen molar-refractivity contribution in [2.45, 2.75) is 55.2 Å². The Hall–Kier alpha value is -1.40. The van der Waals surface area contributed by atoms with E-state index in [4.69, 9.17) is 0 Å². The summed E-state index contributed by atoms with van der Waals surface area (Å²) >= 11 is 1.65. The van der Waals surface area contributed by atoms with Crippen LogP contribution in [0.25, 0.3) is 0 Å². The van der Waals surface area contributed by atoms with Crippen LogP contribution in [0.15, 0.2) is 28.4 Å². The molecule has 21 heavy (non-hydrogen) atoms. The third-order valence-electron chi connectivity index (χ3n) is 3.92. The van der Waals surface area contributed by atoms with Crippen molar-refractivity contribution in [3.8, 4) is 0 Å². The molecule has 1 atom stereocenters. The standard InChI is InChI=1S/C15H21N5S/c1-11(16-2)13-8-7-12(10-17-13)21-15-19-18-14-6-4-3-5-9-20(14)15/h7-8,10-11,16H,3-6,9H2,1-2H3. The van der Waals surface area contributed by atoms with Crippen LogP contribution in [0.5, 0.6) is 0 Å². The monoisotopic (exact) mass is 303 g/mol. The second-order valence-electron chi connectivity index (χ2n) is 5.39. The highest BCUT2D eigenvalue weighted by Gasteiger charge is 2.15. The zero-order chi connectivity index (χ0) is 14.7. The van der Waals surface area contributed by atoms with Gasteiger partial charge in [0.2, 0.25) is 0 Å². The number of hydrogen-bond donors (Lipinski definition) is 1. The molecule has 1 aliphatic heterocycles. The van der Waals surface area contributed by atoms with Crippen molar-refractivity contribution in [3.05, 3.63) is 29.8 Å². The van der Waals surface area contributed by atoms with E-state index in [0.717, 1.165) is 34.5 Å². The normalized spacial score (nSPS) is 16.3. The zero-order valence-corrected chi connectivity index (χ0v) is 13.4. The molecule has 112 valence electrons. The Bertz CT molecular complexity index is 593. The summed E-state index contributed by atoms with van der Waals surface area (Å²) in [6.45, 7) is 3.14. The minimum Gasteiger partial charge on any atom is -0.312 e. The molecular formula is C15H21N5S. The molecule has 2 aromatic rings. The van der Waals surface area contributed by atoms with Crippen LogP contribution in [-0.4, -0.2) is 26.8 Å². The van der Waals surface area contributed by atoms with Gasteiger partial charge in [0.05, 0.1) is 5.69 Å². The molecule has 2 aromatic heterocycles. The first-order valence-electron chi connectivity index (χ1n) is 7.51. The van der Waals surface area contributed by atoms with Crippen LogP contribution < -0.4 is 5.32 Å². The maximum Gasteiger partial charge on any atom is 0.196 e. The number of nitrogens with one attached hydrogen (secondary N) is 1. The number of rotatable bonds is 4. The average molecular weight is 303 g/mol. The Balaban J connectivity index is 1.76. The first kappa shape index (κ1) is 14.5. The lowest BCUT2D eigenvalue weighted by Crippen LogP contribution is -2.13. The number of fused-ring (bicyclic) bond motifs is 1. The molecule has 0 spiro atoms. The summed E-state index contributed by atoms with van der Waals surface area (Å²) in [5.74, 6) is 1.13. The minimum absolute atomic E-state index is 0.272. The first-order valence-corrected chi connectivity index (χ1v) is 8.32. The van der Waals surface area contributed by atoms with Crippen LogP contribution in [-0.2, 0) is 13.0 Å². The van der Waals surface area contributed by atoms with Gasteiger partial charge in [-0.25, -0.2) is 0 Å². The molecule has 6 heteroatoms. The molecular weight excluding hydrogens is 282 g/mol. The molecule has 0 radical (unpaired) electrons. The van der Waals surface area contributed by atoms with Gasteiger partial charge < -0.3 is 9.88 Å². The van der Waals surface area contributed by atoms with Gasteiger partial charge in [-0.15, -0.1) is 10.2 Å². The molecule has 0 aliphatic carbocycles. The van der Waals surface area contributed by atoms with E-state index in [1.807, 2.05) is 13.2 Å². The van der Waals surface area contributed by atoms with E-state index < -0.39 is 0 Å². The van der Waals surface area contributed by atoms with Gasteiger partial charge in [-0.3, -0.25) is 4.98 Å². The van der Waals surface area contributed by atoms with Crippen molar-refractivity contribution < 1.29 is 0 Å². The molecule has 5 nitrogen and oxygen atoms in total. The summed E-state index contributed by atoms with van der Waals surface area (Å²) in [6.07, 6.45) is 6.69. The number of hydrogen-bond acceptors (Lipinski definition) is 5. The fraction of sp³-hybridized carbons (Fsp3) is 0.533. The van der Waals surface area contributed by atoms with Crippen molar-refractivity contribution in [3.63, 3.8) is 0 Å². The van der Waals surface area contributed by atoms with Gasteiger partial charge in [0.15, 0.2) is 5.16 Å². The average Bonchev–Trinajstić information content (AvgIpc) is 2.75. The highest BCUT2D eigenvalue weighted by molar-refractivity contribution is 7.99. The lowest BCUT2D eigenvalue weighted by atomic mass is 10.2. The summed E-state index contributed by atoms with van der Waals surface area (Å²) in [7, 11) is 1.94. The fourth-order valence-corrected chi connectivity index (χ4v) is 3.34. The Morgan fingerprint density at radius 3 is 2.90 bits per heavy atom. The van der Waals surface area contributed by atoms with Crippen molar-refractivity contribution >= 4 is 11.8 Å². The zero-order valence-electron chi connectivity index (χ0n) is 12.5. The summed E-state index contributed by atoms with van der Waals surface area (Å²) in [6, 6.07) is 4.45. The summed E-state index contributed by atoms with van der Waals surface area (Å²) in [5.41, 5.74) is 1.06. The molecule has 0 bridgehead atoms. The third-order valence-corrected chi connectivity index (χ3v) is 4.88. The number of nitrogens with zero attached hydrogens (tertiary/aromatic N) is 4. The lowest BCUT2D eigenvalue weighted by Gasteiger charge is -2.10. The number of aryl methyl sites for hydroxylation is 1. The molecule has 0 saturated carbocycles. The van der Waals surface area contributed by atoms with Crippen LogP contribution in [0.1, 0.15) is 43.7 Å². The second-order valence-corrected chi connectivity index (χ2v) is 6.43. The van der Waals surface area contributed by atoms with Crippen LogP contribution in [0.4, 0.5) is 0 Å². The van der Waals surface area contributed by atoms with Gasteiger partial charge in [0.1, 0.15) is 5.82 Å². The van der Waals surface area contributed by atoms with E-state index in [-0.39, 0.29) is 6.04 Å². The SMILES string of the molecule is CNC(C)c1ccc(Sc2nnc3n2CCCCC3)cn1. The molecule has 1 N–H and O–H groups in total. The molecule has 0 saturated heterocycles. The lowest BCUT2D eigenvalue weighted by molar-refractivity contribution is 0.591. The van der Waals surface area contributed by atoms with E-state index in [9.17, 15) is 0 Å².